The molecule has 1 aliphatic rings. The fourth-order valence-corrected chi connectivity index (χ4v) is 4.34. The lowest BCUT2D eigenvalue weighted by Crippen LogP contribution is -2.44. The van der Waals surface area contributed by atoms with Crippen LogP contribution in [0.1, 0.15) is 34.6 Å². The lowest BCUT2D eigenvalue weighted by Gasteiger charge is -2.38. The molecule has 6 heteroatoms. The van der Waals surface area contributed by atoms with Crippen LogP contribution in [0.25, 0.3) is 11.0 Å². The number of amides is 1. The number of nitrogens with one attached hydrogen (secondary N) is 1. The zero-order valence-corrected chi connectivity index (χ0v) is 16.9. The van der Waals surface area contributed by atoms with Crippen molar-refractivity contribution in [2.24, 2.45) is 7.05 Å². The summed E-state index contributed by atoms with van der Waals surface area (Å²) in [5.41, 5.74) is 3.34. The lowest BCUT2D eigenvalue weighted by molar-refractivity contribution is 0.0487. The van der Waals surface area contributed by atoms with Gasteiger partial charge in [0, 0.05) is 42.8 Å². The van der Waals surface area contributed by atoms with Crippen LogP contribution in [0.2, 0.25) is 5.02 Å². The Kier molecular flexibility index (Phi) is 5.13. The number of benzene rings is 2. The first-order chi connectivity index (χ1) is 13.5. The van der Waals surface area contributed by atoms with Gasteiger partial charge in [-0.15, -0.1) is 0 Å². The first kappa shape index (κ1) is 19.0. The fourth-order valence-electron chi connectivity index (χ4n) is 4.01. The number of hydrogen-bond donors (Lipinski definition) is 1. The van der Waals surface area contributed by atoms with Gasteiger partial charge < -0.3 is 14.6 Å². The van der Waals surface area contributed by atoms with Gasteiger partial charge in [0.25, 0.3) is 5.91 Å². The molecule has 2 aromatic carbocycles. The Balaban J connectivity index is 1.57. The number of aryl methyl sites for hydroxylation is 2. The predicted molar refractivity (Wildman–Crippen MR) is 111 cm³/mol. The Morgan fingerprint density at radius 1 is 1.25 bits per heavy atom. The maximum Gasteiger partial charge on any atom is 0.251 e. The van der Waals surface area contributed by atoms with Crippen LogP contribution in [0.5, 0.6) is 0 Å². The average Bonchev–Trinajstić information content (AvgIpc) is 3.00. The quantitative estimate of drug-likeness (QED) is 0.723. The molecular weight excluding hydrogens is 374 g/mol. The van der Waals surface area contributed by atoms with Gasteiger partial charge in [-0.05, 0) is 49.6 Å². The molecule has 146 valence electrons. The molecule has 1 amide bonds. The zero-order valence-electron chi connectivity index (χ0n) is 16.2. The molecule has 0 radical (unpaired) electrons. The van der Waals surface area contributed by atoms with Crippen molar-refractivity contribution in [2.75, 3.05) is 19.8 Å². The van der Waals surface area contributed by atoms with E-state index in [4.69, 9.17) is 16.3 Å². The van der Waals surface area contributed by atoms with Crippen LogP contribution in [0, 0.1) is 6.92 Å². The standard InChI is InChI=1S/C22H24ClN3O2/c1-15-25-19-13-16(7-8-20(19)26(15)2)21(27)24-14-22(9-11-28-12-10-22)17-5-3-4-6-18(17)23/h3-8,13H,9-12,14H2,1-2H3,(H,24,27). The average molecular weight is 398 g/mol. The smallest absolute Gasteiger partial charge is 0.251 e. The highest BCUT2D eigenvalue weighted by molar-refractivity contribution is 6.31. The van der Waals surface area contributed by atoms with Crippen LogP contribution in [-0.2, 0) is 17.2 Å². The van der Waals surface area contributed by atoms with Gasteiger partial charge in [-0.25, -0.2) is 4.98 Å². The number of imidazole rings is 1. The molecule has 3 aromatic rings. The molecule has 1 saturated heterocycles. The minimum absolute atomic E-state index is 0.0943. The van der Waals surface area contributed by atoms with Crippen molar-refractivity contribution >= 4 is 28.5 Å². The molecule has 0 spiro atoms. The van der Waals surface area contributed by atoms with Crippen molar-refractivity contribution in [2.45, 2.75) is 25.2 Å². The molecule has 0 atom stereocenters. The highest BCUT2D eigenvalue weighted by Gasteiger charge is 2.36. The third-order valence-corrected chi connectivity index (χ3v) is 6.18. The van der Waals surface area contributed by atoms with Crippen molar-refractivity contribution < 1.29 is 9.53 Å². The monoisotopic (exact) mass is 397 g/mol. The van der Waals surface area contributed by atoms with Crippen LogP contribution < -0.4 is 5.32 Å². The third-order valence-electron chi connectivity index (χ3n) is 5.85. The molecule has 4 rings (SSSR count). The highest BCUT2D eigenvalue weighted by atomic mass is 35.5. The van der Waals surface area contributed by atoms with Crippen LogP contribution in [0.15, 0.2) is 42.5 Å². The summed E-state index contributed by atoms with van der Waals surface area (Å²) in [6.07, 6.45) is 1.66. The molecule has 5 nitrogen and oxygen atoms in total. The molecule has 0 unspecified atom stereocenters. The summed E-state index contributed by atoms with van der Waals surface area (Å²) >= 11 is 6.50. The number of nitrogens with zero attached hydrogens (tertiary/aromatic N) is 2. The van der Waals surface area contributed by atoms with Crippen molar-refractivity contribution in [1.29, 1.82) is 0 Å². The van der Waals surface area contributed by atoms with Gasteiger partial charge >= 0.3 is 0 Å². The van der Waals surface area contributed by atoms with Crippen LogP contribution in [0.4, 0.5) is 0 Å². The zero-order chi connectivity index (χ0) is 19.7. The Bertz CT molecular complexity index is 1020. The molecule has 0 bridgehead atoms. The molecule has 1 aliphatic heterocycles. The number of ether oxygens (including phenoxy) is 1. The van der Waals surface area contributed by atoms with Crippen LogP contribution in [0.3, 0.4) is 0 Å². The molecule has 1 N–H and O–H groups in total. The summed E-state index contributed by atoms with van der Waals surface area (Å²) in [6, 6.07) is 13.5. The summed E-state index contributed by atoms with van der Waals surface area (Å²) in [6.45, 7) is 3.82. The van der Waals surface area contributed by atoms with Crippen molar-refractivity contribution in [3.05, 3.63) is 64.4 Å². The molecular formula is C22H24ClN3O2. The van der Waals surface area contributed by atoms with Crippen molar-refractivity contribution in [1.82, 2.24) is 14.9 Å². The van der Waals surface area contributed by atoms with Gasteiger partial charge in [0.1, 0.15) is 5.82 Å². The summed E-state index contributed by atoms with van der Waals surface area (Å²) in [7, 11) is 1.98. The van der Waals surface area contributed by atoms with Gasteiger partial charge in [0.2, 0.25) is 0 Å². The van der Waals surface area contributed by atoms with Gasteiger partial charge in [-0.3, -0.25) is 4.79 Å². The molecule has 0 aliphatic carbocycles. The summed E-state index contributed by atoms with van der Waals surface area (Å²) in [5.74, 6) is 0.829. The van der Waals surface area contributed by atoms with E-state index in [1.165, 1.54) is 0 Å². The Morgan fingerprint density at radius 3 is 2.75 bits per heavy atom. The predicted octanol–water partition coefficient (Wildman–Crippen LogP) is 4.01. The molecule has 2 heterocycles. The van der Waals surface area contributed by atoms with E-state index in [0.29, 0.717) is 25.3 Å². The second-order valence-electron chi connectivity index (χ2n) is 7.48. The summed E-state index contributed by atoms with van der Waals surface area (Å²) in [4.78, 5) is 17.4. The number of hydrogen-bond acceptors (Lipinski definition) is 3. The van der Waals surface area contributed by atoms with Crippen molar-refractivity contribution in [3.8, 4) is 0 Å². The maximum atomic E-state index is 12.9. The molecule has 1 aromatic heterocycles. The van der Waals surface area contributed by atoms with E-state index in [1.807, 2.05) is 54.9 Å². The normalized spacial score (nSPS) is 16.2. The number of carbonyl (C=O) groups excluding carboxylic acids is 1. The first-order valence-electron chi connectivity index (χ1n) is 9.54. The summed E-state index contributed by atoms with van der Waals surface area (Å²) in [5, 5.41) is 3.87. The highest BCUT2D eigenvalue weighted by Crippen LogP contribution is 2.38. The van der Waals surface area contributed by atoms with E-state index >= 15 is 0 Å². The van der Waals surface area contributed by atoms with E-state index in [9.17, 15) is 4.79 Å². The first-order valence-corrected chi connectivity index (χ1v) is 9.92. The lowest BCUT2D eigenvalue weighted by atomic mass is 9.74. The fraction of sp³-hybridized carbons (Fsp3) is 0.364. The minimum Gasteiger partial charge on any atom is -0.381 e. The number of carbonyl (C=O) groups is 1. The molecule has 28 heavy (non-hydrogen) atoms. The second kappa shape index (κ2) is 7.57. The Morgan fingerprint density at radius 2 is 2.00 bits per heavy atom. The van der Waals surface area contributed by atoms with Crippen LogP contribution >= 0.6 is 11.6 Å². The number of fused-ring (bicyclic) bond motifs is 1. The maximum absolute atomic E-state index is 12.9. The number of aromatic nitrogens is 2. The summed E-state index contributed by atoms with van der Waals surface area (Å²) < 4.78 is 7.59. The van der Waals surface area contributed by atoms with Gasteiger partial charge in [-0.1, -0.05) is 29.8 Å². The minimum atomic E-state index is -0.210. The van der Waals surface area contributed by atoms with Gasteiger partial charge in [0.15, 0.2) is 0 Å². The van der Waals surface area contributed by atoms with Crippen molar-refractivity contribution in [3.63, 3.8) is 0 Å². The second-order valence-corrected chi connectivity index (χ2v) is 7.88. The third kappa shape index (κ3) is 3.40. The Labute approximate surface area is 169 Å². The topological polar surface area (TPSA) is 56.1 Å². The van der Waals surface area contributed by atoms with Crippen LogP contribution in [-0.4, -0.2) is 35.2 Å². The van der Waals surface area contributed by atoms with Gasteiger partial charge in [-0.2, -0.15) is 0 Å². The molecule has 1 fully saturated rings. The SMILES string of the molecule is Cc1nc2cc(C(=O)NCC3(c4ccccc4Cl)CCOCC3)ccc2n1C. The van der Waals surface area contributed by atoms with E-state index in [0.717, 1.165) is 40.3 Å². The van der Waals surface area contributed by atoms with E-state index in [-0.39, 0.29) is 11.3 Å². The largest absolute Gasteiger partial charge is 0.381 e. The van der Waals surface area contributed by atoms with E-state index in [1.54, 1.807) is 0 Å². The van der Waals surface area contributed by atoms with Gasteiger partial charge in [0.05, 0.1) is 11.0 Å². The number of halogens is 1. The molecule has 0 saturated carbocycles. The number of rotatable bonds is 4. The van der Waals surface area contributed by atoms with E-state index in [2.05, 4.69) is 16.4 Å². The van der Waals surface area contributed by atoms with E-state index < -0.39 is 0 Å². The Hall–Kier alpha value is -2.37.